The number of halogens is 2. The van der Waals surface area contributed by atoms with Gasteiger partial charge in [-0.1, -0.05) is 18.2 Å². The maximum absolute atomic E-state index is 13.5. The van der Waals surface area contributed by atoms with Gasteiger partial charge in [-0.2, -0.15) is 0 Å². The minimum Gasteiger partial charge on any atom is -0.304 e. The van der Waals surface area contributed by atoms with E-state index in [0.29, 0.717) is 16.7 Å². The molecule has 0 amide bonds. The molecular weight excluding hydrogens is 235 g/mol. The van der Waals surface area contributed by atoms with Crippen molar-refractivity contribution in [3.8, 4) is 0 Å². The van der Waals surface area contributed by atoms with Crippen molar-refractivity contribution in [1.29, 1.82) is 0 Å². The first kappa shape index (κ1) is 8.72. The standard InChI is InChI=1S/C9H8BrFN2/c10-7-4-3-6-2-1-5-13(12)9(6)8(7)11/h1-4H,5,12H2. The number of rotatable bonds is 0. The Kier molecular flexibility index (Phi) is 2.09. The fraction of sp³-hybridized carbons (Fsp3) is 0.111. The molecule has 0 atom stereocenters. The van der Waals surface area contributed by atoms with Crippen LogP contribution in [-0.2, 0) is 0 Å². The van der Waals surface area contributed by atoms with E-state index >= 15 is 0 Å². The van der Waals surface area contributed by atoms with Gasteiger partial charge in [0.2, 0.25) is 0 Å². The normalized spacial score (nSPS) is 14.5. The second kappa shape index (κ2) is 3.12. The summed E-state index contributed by atoms with van der Waals surface area (Å²) in [7, 11) is 0. The van der Waals surface area contributed by atoms with Crippen LogP contribution in [0.15, 0.2) is 22.7 Å². The third kappa shape index (κ3) is 1.36. The zero-order chi connectivity index (χ0) is 9.42. The van der Waals surface area contributed by atoms with E-state index in [4.69, 9.17) is 5.84 Å². The molecular formula is C9H8BrFN2. The van der Waals surface area contributed by atoms with E-state index in [2.05, 4.69) is 15.9 Å². The molecule has 1 heterocycles. The number of nitrogens with zero attached hydrogens (tertiary/aromatic N) is 1. The Balaban J connectivity index is 2.66. The van der Waals surface area contributed by atoms with Crippen LogP contribution in [0.25, 0.3) is 6.08 Å². The zero-order valence-corrected chi connectivity index (χ0v) is 8.38. The van der Waals surface area contributed by atoms with E-state index in [-0.39, 0.29) is 5.82 Å². The average Bonchev–Trinajstić information content (AvgIpc) is 2.12. The summed E-state index contributed by atoms with van der Waals surface area (Å²) in [5.74, 6) is 5.34. The van der Waals surface area contributed by atoms with Crippen LogP contribution in [0.2, 0.25) is 0 Å². The van der Waals surface area contributed by atoms with Crippen LogP contribution >= 0.6 is 15.9 Å². The lowest BCUT2D eigenvalue weighted by Gasteiger charge is -2.23. The van der Waals surface area contributed by atoms with Gasteiger partial charge in [0.15, 0.2) is 5.82 Å². The van der Waals surface area contributed by atoms with Gasteiger partial charge in [-0.15, -0.1) is 0 Å². The highest BCUT2D eigenvalue weighted by Gasteiger charge is 2.16. The van der Waals surface area contributed by atoms with Crippen molar-refractivity contribution in [2.45, 2.75) is 0 Å². The molecule has 0 fully saturated rings. The van der Waals surface area contributed by atoms with Crippen molar-refractivity contribution >= 4 is 27.7 Å². The molecule has 68 valence electrons. The summed E-state index contributed by atoms with van der Waals surface area (Å²) >= 11 is 3.12. The highest BCUT2D eigenvalue weighted by molar-refractivity contribution is 9.10. The molecule has 0 saturated heterocycles. The highest BCUT2D eigenvalue weighted by atomic mass is 79.9. The maximum atomic E-state index is 13.5. The number of benzene rings is 1. The minimum atomic E-state index is -0.302. The number of hydrogen-bond acceptors (Lipinski definition) is 2. The monoisotopic (exact) mass is 242 g/mol. The van der Waals surface area contributed by atoms with Gasteiger partial charge in [0.1, 0.15) is 0 Å². The third-order valence-electron chi connectivity index (χ3n) is 1.99. The molecule has 0 saturated carbocycles. The second-order valence-electron chi connectivity index (χ2n) is 2.85. The van der Waals surface area contributed by atoms with Crippen molar-refractivity contribution < 1.29 is 4.39 Å². The lowest BCUT2D eigenvalue weighted by Crippen LogP contribution is -2.33. The molecule has 13 heavy (non-hydrogen) atoms. The largest absolute Gasteiger partial charge is 0.304 e. The molecule has 0 aromatic heterocycles. The molecule has 2 nitrogen and oxygen atoms in total. The van der Waals surface area contributed by atoms with Crippen molar-refractivity contribution in [1.82, 2.24) is 0 Å². The van der Waals surface area contributed by atoms with Gasteiger partial charge in [-0.05, 0) is 22.0 Å². The van der Waals surface area contributed by atoms with E-state index < -0.39 is 0 Å². The van der Waals surface area contributed by atoms with E-state index in [0.717, 1.165) is 5.56 Å². The topological polar surface area (TPSA) is 29.3 Å². The molecule has 2 N–H and O–H groups in total. The first-order valence-corrected chi connectivity index (χ1v) is 4.66. The molecule has 1 aromatic rings. The Morgan fingerprint density at radius 2 is 2.23 bits per heavy atom. The molecule has 1 aromatic carbocycles. The smallest absolute Gasteiger partial charge is 0.162 e. The fourth-order valence-corrected chi connectivity index (χ4v) is 1.69. The van der Waals surface area contributed by atoms with Gasteiger partial charge in [-0.25, -0.2) is 10.2 Å². The van der Waals surface area contributed by atoms with Crippen molar-refractivity contribution in [2.24, 2.45) is 5.84 Å². The lowest BCUT2D eigenvalue weighted by atomic mass is 10.1. The number of anilines is 1. The maximum Gasteiger partial charge on any atom is 0.162 e. The molecule has 2 rings (SSSR count). The number of fused-ring (bicyclic) bond motifs is 1. The van der Waals surface area contributed by atoms with E-state index in [1.165, 1.54) is 5.01 Å². The molecule has 1 aliphatic heterocycles. The first-order chi connectivity index (χ1) is 6.20. The second-order valence-corrected chi connectivity index (χ2v) is 3.71. The molecule has 0 aliphatic carbocycles. The van der Waals surface area contributed by atoms with Gasteiger partial charge >= 0.3 is 0 Å². The summed E-state index contributed by atoms with van der Waals surface area (Å²) < 4.78 is 14.0. The van der Waals surface area contributed by atoms with Crippen LogP contribution in [-0.4, -0.2) is 6.54 Å². The Labute approximate surface area is 83.9 Å². The van der Waals surface area contributed by atoms with Crippen LogP contribution in [0.4, 0.5) is 10.1 Å². The quantitative estimate of drug-likeness (QED) is 0.708. The molecule has 0 bridgehead atoms. The van der Waals surface area contributed by atoms with Crippen LogP contribution < -0.4 is 10.9 Å². The van der Waals surface area contributed by atoms with Gasteiger partial charge in [0.05, 0.1) is 16.7 Å². The lowest BCUT2D eigenvalue weighted by molar-refractivity contribution is 0.614. The average molecular weight is 243 g/mol. The predicted molar refractivity (Wildman–Crippen MR) is 54.7 cm³/mol. The Bertz CT molecular complexity index is 376. The molecule has 0 unspecified atom stereocenters. The van der Waals surface area contributed by atoms with Crippen molar-refractivity contribution in [3.63, 3.8) is 0 Å². The number of nitrogens with two attached hydrogens (primary N) is 1. The van der Waals surface area contributed by atoms with Gasteiger partial charge in [0, 0.05) is 5.56 Å². The Hall–Kier alpha value is -0.870. The Morgan fingerprint density at radius 1 is 1.46 bits per heavy atom. The summed E-state index contributed by atoms with van der Waals surface area (Å²) in [6.45, 7) is 0.542. The summed E-state index contributed by atoms with van der Waals surface area (Å²) in [6, 6.07) is 3.51. The van der Waals surface area contributed by atoms with E-state index in [1.54, 1.807) is 6.07 Å². The highest BCUT2D eigenvalue weighted by Crippen LogP contribution is 2.31. The van der Waals surface area contributed by atoms with Gasteiger partial charge in [0.25, 0.3) is 0 Å². The minimum absolute atomic E-state index is 0.302. The van der Waals surface area contributed by atoms with Crippen molar-refractivity contribution in [3.05, 3.63) is 34.1 Å². The molecule has 0 radical (unpaired) electrons. The molecule has 4 heteroatoms. The van der Waals surface area contributed by atoms with Crippen LogP contribution in [0, 0.1) is 5.82 Å². The third-order valence-corrected chi connectivity index (χ3v) is 2.60. The predicted octanol–water partition coefficient (Wildman–Crippen LogP) is 2.30. The SMILES string of the molecule is NN1CC=Cc2ccc(Br)c(F)c21. The number of hydrogen-bond donors (Lipinski definition) is 1. The van der Waals surface area contributed by atoms with Crippen LogP contribution in [0.5, 0.6) is 0 Å². The summed E-state index contributed by atoms with van der Waals surface area (Å²) in [5.41, 5.74) is 1.27. The summed E-state index contributed by atoms with van der Waals surface area (Å²) in [6.07, 6.45) is 3.77. The van der Waals surface area contributed by atoms with E-state index in [9.17, 15) is 4.39 Å². The Morgan fingerprint density at radius 3 is 3.00 bits per heavy atom. The zero-order valence-electron chi connectivity index (χ0n) is 6.80. The summed E-state index contributed by atoms with van der Waals surface area (Å²) in [5, 5.41) is 1.40. The summed E-state index contributed by atoms with van der Waals surface area (Å²) in [4.78, 5) is 0. The van der Waals surface area contributed by atoms with Crippen LogP contribution in [0.3, 0.4) is 0 Å². The molecule has 1 aliphatic rings. The number of hydrazine groups is 1. The van der Waals surface area contributed by atoms with Gasteiger partial charge < -0.3 is 5.01 Å². The first-order valence-electron chi connectivity index (χ1n) is 3.87. The molecule has 0 spiro atoms. The van der Waals surface area contributed by atoms with Gasteiger partial charge in [-0.3, -0.25) is 0 Å². The van der Waals surface area contributed by atoms with Crippen molar-refractivity contribution in [2.75, 3.05) is 11.6 Å². The van der Waals surface area contributed by atoms with Crippen LogP contribution in [0.1, 0.15) is 5.56 Å². The fourth-order valence-electron chi connectivity index (χ4n) is 1.37. The van der Waals surface area contributed by atoms with E-state index in [1.807, 2.05) is 18.2 Å².